The first-order chi connectivity index (χ1) is 9.70. The summed E-state index contributed by atoms with van der Waals surface area (Å²) in [4.78, 5) is 0. The van der Waals surface area contributed by atoms with Gasteiger partial charge in [0.25, 0.3) is 0 Å². The Morgan fingerprint density at radius 1 is 1.35 bits per heavy atom. The summed E-state index contributed by atoms with van der Waals surface area (Å²) < 4.78 is 5.19. The van der Waals surface area contributed by atoms with E-state index in [4.69, 9.17) is 4.74 Å². The highest BCUT2D eigenvalue weighted by molar-refractivity contribution is 5.29. The Morgan fingerprint density at radius 3 is 2.90 bits per heavy atom. The second-order valence-electron chi connectivity index (χ2n) is 5.97. The molecule has 20 heavy (non-hydrogen) atoms. The molecule has 0 radical (unpaired) electrons. The maximum Gasteiger partial charge on any atom is 0.119 e. The molecule has 1 saturated carbocycles. The smallest absolute Gasteiger partial charge is 0.119 e. The molecule has 1 aromatic rings. The first-order valence-electron chi connectivity index (χ1n) is 7.73. The van der Waals surface area contributed by atoms with Crippen LogP contribution in [0.15, 0.2) is 24.3 Å². The lowest BCUT2D eigenvalue weighted by Gasteiger charge is -2.29. The van der Waals surface area contributed by atoms with Gasteiger partial charge in [-0.15, -0.1) is 0 Å². The molecule has 0 spiro atoms. The van der Waals surface area contributed by atoms with E-state index in [1.54, 1.807) is 7.11 Å². The molecule has 2 N–H and O–H groups in total. The van der Waals surface area contributed by atoms with Crippen molar-refractivity contribution in [3.05, 3.63) is 29.8 Å². The third-order valence-electron chi connectivity index (χ3n) is 4.51. The number of benzene rings is 1. The first kappa shape index (κ1) is 15.3. The van der Waals surface area contributed by atoms with E-state index in [2.05, 4.69) is 12.2 Å². The molecule has 0 heterocycles. The number of ether oxygens (including phenoxy) is 1. The van der Waals surface area contributed by atoms with Crippen LogP contribution in [0.5, 0.6) is 5.75 Å². The van der Waals surface area contributed by atoms with Gasteiger partial charge in [-0.3, -0.25) is 0 Å². The Bertz CT molecular complexity index is 408. The quantitative estimate of drug-likeness (QED) is 0.839. The van der Waals surface area contributed by atoms with Gasteiger partial charge < -0.3 is 15.2 Å². The molecule has 3 nitrogen and oxygen atoms in total. The Hall–Kier alpha value is -1.06. The molecule has 0 aromatic heterocycles. The largest absolute Gasteiger partial charge is 0.497 e. The van der Waals surface area contributed by atoms with Crippen LogP contribution < -0.4 is 10.1 Å². The zero-order valence-corrected chi connectivity index (χ0v) is 12.6. The molecule has 112 valence electrons. The molecule has 1 aromatic carbocycles. The zero-order valence-electron chi connectivity index (χ0n) is 12.6. The summed E-state index contributed by atoms with van der Waals surface area (Å²) in [5.41, 5.74) is 0.911. The van der Waals surface area contributed by atoms with Crippen LogP contribution in [0.3, 0.4) is 0 Å². The van der Waals surface area contributed by atoms with Gasteiger partial charge in [0.15, 0.2) is 0 Å². The molecule has 2 rings (SSSR count). The van der Waals surface area contributed by atoms with Gasteiger partial charge in [-0.1, -0.05) is 38.3 Å². The fourth-order valence-electron chi connectivity index (χ4n) is 3.07. The molecule has 0 saturated heterocycles. The van der Waals surface area contributed by atoms with Crippen molar-refractivity contribution in [2.75, 3.05) is 20.2 Å². The number of nitrogens with one attached hydrogen (secondary N) is 1. The van der Waals surface area contributed by atoms with Crippen LogP contribution in [-0.4, -0.2) is 25.3 Å². The van der Waals surface area contributed by atoms with E-state index in [1.165, 1.54) is 25.7 Å². The van der Waals surface area contributed by atoms with Gasteiger partial charge in [0, 0.05) is 6.54 Å². The molecule has 0 amide bonds. The van der Waals surface area contributed by atoms with Crippen molar-refractivity contribution in [2.24, 2.45) is 11.8 Å². The number of methoxy groups -OCH3 is 1. The normalized spacial score (nSPS) is 24.4. The fraction of sp³-hybridized carbons (Fsp3) is 0.647. The lowest BCUT2D eigenvalue weighted by atomic mass is 9.80. The molecule has 0 bridgehead atoms. The summed E-state index contributed by atoms with van der Waals surface area (Å²) >= 11 is 0. The summed E-state index contributed by atoms with van der Waals surface area (Å²) in [5.74, 6) is 2.37. The van der Waals surface area contributed by atoms with Crippen molar-refractivity contribution < 1.29 is 9.84 Å². The van der Waals surface area contributed by atoms with Crippen LogP contribution >= 0.6 is 0 Å². The van der Waals surface area contributed by atoms with Crippen LogP contribution in [0.1, 0.15) is 44.3 Å². The maximum absolute atomic E-state index is 10.2. The minimum absolute atomic E-state index is 0.469. The van der Waals surface area contributed by atoms with E-state index in [1.807, 2.05) is 24.3 Å². The van der Waals surface area contributed by atoms with Crippen LogP contribution in [0.4, 0.5) is 0 Å². The average molecular weight is 277 g/mol. The molecular formula is C17H27NO2. The average Bonchev–Trinajstić information content (AvgIpc) is 2.49. The van der Waals surface area contributed by atoms with E-state index in [0.717, 1.165) is 29.7 Å². The van der Waals surface area contributed by atoms with E-state index in [9.17, 15) is 5.11 Å². The molecule has 1 aliphatic rings. The van der Waals surface area contributed by atoms with Gasteiger partial charge in [0.2, 0.25) is 0 Å². The van der Waals surface area contributed by atoms with E-state index < -0.39 is 6.10 Å². The molecule has 1 fully saturated rings. The van der Waals surface area contributed by atoms with Gasteiger partial charge in [-0.25, -0.2) is 0 Å². The minimum atomic E-state index is -0.469. The maximum atomic E-state index is 10.2. The topological polar surface area (TPSA) is 41.5 Å². The molecule has 0 aliphatic heterocycles. The van der Waals surface area contributed by atoms with Crippen LogP contribution in [0, 0.1) is 11.8 Å². The van der Waals surface area contributed by atoms with E-state index >= 15 is 0 Å². The predicted octanol–water partition coefficient (Wildman–Crippen LogP) is 3.14. The summed E-state index contributed by atoms with van der Waals surface area (Å²) in [6.45, 7) is 3.97. The number of hydrogen-bond acceptors (Lipinski definition) is 3. The fourth-order valence-corrected chi connectivity index (χ4v) is 3.07. The Labute approximate surface area is 122 Å². The van der Waals surface area contributed by atoms with Crippen molar-refractivity contribution in [3.8, 4) is 5.75 Å². The predicted molar refractivity (Wildman–Crippen MR) is 81.9 cm³/mol. The minimum Gasteiger partial charge on any atom is -0.497 e. The van der Waals surface area contributed by atoms with Crippen LogP contribution in [0.2, 0.25) is 0 Å². The van der Waals surface area contributed by atoms with Gasteiger partial charge in [0.05, 0.1) is 13.2 Å². The standard InChI is InChI=1S/C17H27NO2/c1-13-6-3-4-7-15(13)11-18-12-17(19)14-8-5-9-16(10-14)20-2/h5,8-10,13,15,17-19H,3-4,6-7,11-12H2,1-2H3. The number of aliphatic hydroxyl groups excluding tert-OH is 1. The summed E-state index contributed by atoms with van der Waals surface area (Å²) in [5, 5.41) is 13.6. The molecule has 1 aliphatic carbocycles. The Kier molecular flexibility index (Phi) is 5.86. The molecule has 3 unspecified atom stereocenters. The van der Waals surface area contributed by atoms with E-state index in [-0.39, 0.29) is 0 Å². The third kappa shape index (κ3) is 4.22. The molecule has 3 heteroatoms. The van der Waals surface area contributed by atoms with Crippen molar-refractivity contribution >= 4 is 0 Å². The second kappa shape index (κ2) is 7.65. The van der Waals surface area contributed by atoms with Gasteiger partial charge in [-0.2, -0.15) is 0 Å². The highest BCUT2D eigenvalue weighted by Gasteiger charge is 2.21. The van der Waals surface area contributed by atoms with Crippen molar-refractivity contribution in [1.82, 2.24) is 5.32 Å². The first-order valence-corrected chi connectivity index (χ1v) is 7.73. The number of aliphatic hydroxyl groups is 1. The van der Waals surface area contributed by atoms with Gasteiger partial charge in [-0.05, 0) is 42.5 Å². The Balaban J connectivity index is 1.78. The molecular weight excluding hydrogens is 250 g/mol. The van der Waals surface area contributed by atoms with Crippen molar-refractivity contribution in [3.63, 3.8) is 0 Å². The van der Waals surface area contributed by atoms with Crippen LogP contribution in [-0.2, 0) is 0 Å². The van der Waals surface area contributed by atoms with Crippen LogP contribution in [0.25, 0.3) is 0 Å². The summed E-state index contributed by atoms with van der Waals surface area (Å²) in [6, 6.07) is 7.65. The van der Waals surface area contributed by atoms with Gasteiger partial charge >= 0.3 is 0 Å². The summed E-state index contributed by atoms with van der Waals surface area (Å²) in [6.07, 6.45) is 4.94. The van der Waals surface area contributed by atoms with Crippen molar-refractivity contribution in [1.29, 1.82) is 0 Å². The SMILES string of the molecule is COc1cccc(C(O)CNCC2CCCCC2C)c1. The number of hydrogen-bond donors (Lipinski definition) is 2. The third-order valence-corrected chi connectivity index (χ3v) is 4.51. The summed E-state index contributed by atoms with van der Waals surface area (Å²) in [7, 11) is 1.65. The number of rotatable bonds is 6. The monoisotopic (exact) mass is 277 g/mol. The van der Waals surface area contributed by atoms with Gasteiger partial charge in [0.1, 0.15) is 5.75 Å². The van der Waals surface area contributed by atoms with Crippen molar-refractivity contribution in [2.45, 2.75) is 38.7 Å². The van der Waals surface area contributed by atoms with E-state index in [0.29, 0.717) is 6.54 Å². The highest BCUT2D eigenvalue weighted by Crippen LogP contribution is 2.29. The lowest BCUT2D eigenvalue weighted by Crippen LogP contribution is -2.31. The molecule has 3 atom stereocenters. The lowest BCUT2D eigenvalue weighted by molar-refractivity contribution is 0.165. The Morgan fingerprint density at radius 2 is 2.15 bits per heavy atom. The second-order valence-corrected chi connectivity index (χ2v) is 5.97. The highest BCUT2D eigenvalue weighted by atomic mass is 16.5. The zero-order chi connectivity index (χ0) is 14.4.